The van der Waals surface area contributed by atoms with Crippen LogP contribution < -0.4 is 11.5 Å². The molecule has 78 valence electrons. The van der Waals surface area contributed by atoms with Crippen LogP contribution in [0.1, 0.15) is 0 Å². The van der Waals surface area contributed by atoms with Crippen LogP contribution in [0.25, 0.3) is 0 Å². The third-order valence-corrected chi connectivity index (χ3v) is 1.44. The Bertz CT molecular complexity index is 101. The fraction of sp³-hybridized carbons (Fsp3) is 1.00. The van der Waals surface area contributed by atoms with E-state index in [1.54, 1.807) is 0 Å². The molecule has 0 aromatic heterocycles. The molecular weight excluding hydrogens is 569 g/mol. The summed E-state index contributed by atoms with van der Waals surface area (Å²) >= 11 is 5.30. The summed E-state index contributed by atoms with van der Waals surface area (Å²) in [6.45, 7) is 1.31. The van der Waals surface area contributed by atoms with Crippen molar-refractivity contribution in [2.75, 3.05) is 19.9 Å². The number of nitrogens with two attached hydrogens (primary N) is 2. The average molecular weight is 581 g/mol. The molecule has 1 heterocycles. The molecule has 12 heavy (non-hydrogen) atoms. The molecule has 1 saturated heterocycles. The molecule has 7 heteroatoms. The van der Waals surface area contributed by atoms with Gasteiger partial charge in [-0.05, 0) is 0 Å². The van der Waals surface area contributed by atoms with Crippen LogP contribution in [0.15, 0.2) is 0 Å². The van der Waals surface area contributed by atoms with Crippen molar-refractivity contribution >= 4 is 38.7 Å². The average Bonchev–Trinajstić information content (AvgIpc) is 2.52. The first kappa shape index (κ1) is 14.0. The maximum absolute atomic E-state index is 5.34. The summed E-state index contributed by atoms with van der Waals surface area (Å²) < 4.78 is 10.2. The molecule has 0 unspecified atom stereocenters. The normalized spacial score (nSPS) is 28.3. The topological polar surface area (TPSA) is 70.5 Å². The molecular formula is C5H12I2N2O2Pt. The van der Waals surface area contributed by atoms with Gasteiger partial charge in [0.05, 0.1) is 0 Å². The van der Waals surface area contributed by atoms with Crippen LogP contribution in [0.2, 0.25) is 0 Å². The van der Waals surface area contributed by atoms with Crippen LogP contribution in [-0.2, 0) is 20.7 Å². The second-order valence-electron chi connectivity index (χ2n) is 2.04. The summed E-state index contributed by atoms with van der Waals surface area (Å²) in [4.78, 5) is 0. The van der Waals surface area contributed by atoms with Crippen molar-refractivity contribution in [1.82, 2.24) is 0 Å². The molecule has 4 nitrogen and oxygen atoms in total. The van der Waals surface area contributed by atoms with E-state index >= 15 is 0 Å². The third-order valence-electron chi connectivity index (χ3n) is 1.44. The summed E-state index contributed by atoms with van der Waals surface area (Å²) in [6, 6.07) is 0. The van der Waals surface area contributed by atoms with Gasteiger partial charge >= 0.3 is 49.9 Å². The maximum atomic E-state index is 5.34. The molecule has 0 amide bonds. The molecule has 0 radical (unpaired) electrons. The number of halogens is 2. The van der Waals surface area contributed by atoms with Crippen molar-refractivity contribution < 1.29 is 20.7 Å². The Hall–Kier alpha value is 1.99. The van der Waals surface area contributed by atoms with E-state index in [-0.39, 0.29) is 12.2 Å². The minimum atomic E-state index is 0.00926. The van der Waals surface area contributed by atoms with Gasteiger partial charge < -0.3 is 20.9 Å². The second-order valence-corrected chi connectivity index (χ2v) is 18.6. The molecule has 0 saturated carbocycles. The van der Waals surface area contributed by atoms with Crippen molar-refractivity contribution in [2.45, 2.75) is 12.2 Å². The molecule has 0 aliphatic carbocycles. The van der Waals surface area contributed by atoms with Gasteiger partial charge in [-0.1, -0.05) is 0 Å². The van der Waals surface area contributed by atoms with Crippen LogP contribution in [0.3, 0.4) is 0 Å². The van der Waals surface area contributed by atoms with Crippen LogP contribution in [0.4, 0.5) is 0 Å². The molecule has 2 atom stereocenters. The Labute approximate surface area is 102 Å². The van der Waals surface area contributed by atoms with Crippen LogP contribution >= 0.6 is 38.7 Å². The van der Waals surface area contributed by atoms with Crippen molar-refractivity contribution in [2.24, 2.45) is 11.5 Å². The first-order valence-electron chi connectivity index (χ1n) is 3.25. The standard InChI is InChI=1S/C5H12N2O2.2HI.Pt/c6-1-4-5(2-7)9-3-8-4;;;/h4-5H,1-3,6-7H2;2*1H;/q;;;+2/p-2/t4-,5-;;;/m0.../s1. The van der Waals surface area contributed by atoms with E-state index in [1.807, 2.05) is 0 Å². The quantitative estimate of drug-likeness (QED) is 0.465. The zero-order chi connectivity index (χ0) is 9.40. The van der Waals surface area contributed by atoms with Gasteiger partial charge in [0, 0.05) is 13.1 Å². The predicted molar refractivity (Wildman–Crippen MR) is 60.8 cm³/mol. The molecule has 1 rings (SSSR count). The van der Waals surface area contributed by atoms with Crippen molar-refractivity contribution in [3.8, 4) is 0 Å². The van der Waals surface area contributed by atoms with Gasteiger partial charge in [0.25, 0.3) is 0 Å². The van der Waals surface area contributed by atoms with Gasteiger partial charge in [0.2, 0.25) is 0 Å². The van der Waals surface area contributed by atoms with Gasteiger partial charge in [-0.3, -0.25) is 0 Å². The number of ether oxygens (including phenoxy) is 2. The monoisotopic (exact) mass is 581 g/mol. The Kier molecular flexibility index (Phi) is 11.1. The van der Waals surface area contributed by atoms with Crippen molar-refractivity contribution in [1.29, 1.82) is 0 Å². The van der Waals surface area contributed by atoms with Crippen molar-refractivity contribution in [3.05, 3.63) is 0 Å². The van der Waals surface area contributed by atoms with Crippen LogP contribution in [-0.4, -0.2) is 32.1 Å². The van der Waals surface area contributed by atoms with Crippen LogP contribution in [0.5, 0.6) is 0 Å². The SMILES string of the molecule is NC[C@@H]1OCO[C@H]1CN.[I][Pt][I]. The Morgan fingerprint density at radius 3 is 1.75 bits per heavy atom. The van der Waals surface area contributed by atoms with Crippen LogP contribution in [0, 0.1) is 0 Å². The summed E-state index contributed by atoms with van der Waals surface area (Å²) in [5.74, 6) is 0. The van der Waals surface area contributed by atoms with E-state index in [4.69, 9.17) is 20.9 Å². The van der Waals surface area contributed by atoms with E-state index < -0.39 is 0 Å². The van der Waals surface area contributed by atoms with E-state index in [1.165, 1.54) is 0 Å². The van der Waals surface area contributed by atoms with Gasteiger partial charge in [0.15, 0.2) is 0 Å². The summed E-state index contributed by atoms with van der Waals surface area (Å²) in [5.41, 5.74) is 10.7. The van der Waals surface area contributed by atoms with E-state index in [9.17, 15) is 0 Å². The Balaban J connectivity index is 0.000000354. The Morgan fingerprint density at radius 2 is 1.50 bits per heavy atom. The van der Waals surface area contributed by atoms with E-state index in [0.717, 1.165) is 0 Å². The molecule has 0 bridgehead atoms. The second kappa shape index (κ2) is 9.54. The van der Waals surface area contributed by atoms with Crippen molar-refractivity contribution in [3.63, 3.8) is 0 Å². The molecule has 0 aromatic rings. The first-order valence-corrected chi connectivity index (χ1v) is 16.1. The molecule has 1 aliphatic rings. The molecule has 1 aliphatic heterocycles. The summed E-state index contributed by atoms with van der Waals surface area (Å²) in [5, 5.41) is 0. The predicted octanol–water partition coefficient (Wildman–Crippen LogP) is 0.414. The number of hydrogen-bond acceptors (Lipinski definition) is 4. The minimum absolute atomic E-state index is 0.00926. The number of hydrogen-bond donors (Lipinski definition) is 2. The van der Waals surface area contributed by atoms with Gasteiger partial charge in [-0.15, -0.1) is 0 Å². The van der Waals surface area contributed by atoms with Gasteiger partial charge in [-0.25, -0.2) is 0 Å². The third kappa shape index (κ3) is 5.66. The fourth-order valence-electron chi connectivity index (χ4n) is 0.868. The van der Waals surface area contributed by atoms with Gasteiger partial charge in [0.1, 0.15) is 19.0 Å². The molecule has 1 fully saturated rings. The summed E-state index contributed by atoms with van der Waals surface area (Å²) in [6.07, 6.45) is 0.0185. The molecule has 0 aromatic carbocycles. The molecule has 0 spiro atoms. The molecule has 4 N–H and O–H groups in total. The van der Waals surface area contributed by atoms with Gasteiger partial charge in [-0.2, -0.15) is 0 Å². The number of rotatable bonds is 2. The fourth-order valence-corrected chi connectivity index (χ4v) is 0.868. The van der Waals surface area contributed by atoms with E-state index in [0.29, 0.717) is 31.1 Å². The Morgan fingerprint density at radius 1 is 1.17 bits per heavy atom. The zero-order valence-electron chi connectivity index (χ0n) is 6.32. The first-order chi connectivity index (χ1) is 5.79. The summed E-state index contributed by atoms with van der Waals surface area (Å²) in [7, 11) is 0. The zero-order valence-corrected chi connectivity index (χ0v) is 12.9. The van der Waals surface area contributed by atoms with E-state index in [2.05, 4.69) is 38.7 Å².